The van der Waals surface area contributed by atoms with Crippen LogP contribution < -0.4 is 5.73 Å². The predicted molar refractivity (Wildman–Crippen MR) is 51.7 cm³/mol. The Morgan fingerprint density at radius 1 is 1.69 bits per heavy atom. The molecule has 3 nitrogen and oxygen atoms in total. The number of hydrogen-bond acceptors (Lipinski definition) is 2. The van der Waals surface area contributed by atoms with Crippen LogP contribution in [-0.4, -0.2) is 22.0 Å². The number of carboxylic acids is 1. The highest BCUT2D eigenvalue weighted by atomic mass is 35.5. The van der Waals surface area contributed by atoms with E-state index in [2.05, 4.69) is 0 Å². The van der Waals surface area contributed by atoms with Crippen LogP contribution in [0.25, 0.3) is 0 Å². The van der Waals surface area contributed by atoms with Gasteiger partial charge in [0.2, 0.25) is 0 Å². The number of nitrogens with two attached hydrogens (primary N) is 1. The summed E-state index contributed by atoms with van der Waals surface area (Å²) in [4.78, 5) is 9.87. The summed E-state index contributed by atoms with van der Waals surface area (Å²) in [7, 11) is 0. The van der Waals surface area contributed by atoms with Gasteiger partial charge in [0.15, 0.2) is 0 Å². The molecule has 0 heterocycles. The predicted octanol–water partition coefficient (Wildman–Crippen LogP) is 1.28. The van der Waals surface area contributed by atoms with Gasteiger partial charge in [-0.1, -0.05) is 24.3 Å². The molecule has 0 aromatic rings. The number of carboxylic acid groups (broad SMARTS) is 1. The first-order valence-electron chi connectivity index (χ1n) is 4.05. The summed E-state index contributed by atoms with van der Waals surface area (Å²) < 4.78 is 0. The number of aliphatic carboxylic acids is 1. The van der Waals surface area contributed by atoms with E-state index in [1.165, 1.54) is 0 Å². The van der Waals surface area contributed by atoms with Gasteiger partial charge in [0.1, 0.15) is 6.04 Å². The Balaban J connectivity index is 2.57. The maximum absolute atomic E-state index is 10.5. The van der Waals surface area contributed by atoms with Gasteiger partial charge in [-0.3, -0.25) is 4.79 Å². The second-order valence-corrected chi connectivity index (χ2v) is 3.93. The minimum absolute atomic E-state index is 0.255. The summed E-state index contributed by atoms with van der Waals surface area (Å²) in [6.07, 6.45) is 8.27. The number of hydrogen-bond donors (Lipinski definition) is 2. The van der Waals surface area contributed by atoms with Crippen LogP contribution >= 0.6 is 11.6 Å². The fraction of sp³-hybridized carbons (Fsp3) is 0.444. The van der Waals surface area contributed by atoms with E-state index in [1.807, 2.05) is 18.2 Å². The third-order valence-corrected chi connectivity index (χ3v) is 2.41. The smallest absolute Gasteiger partial charge is 0.320 e. The molecule has 0 aromatic carbocycles. The number of carbonyl (C=O) groups is 1. The molecule has 72 valence electrons. The second kappa shape index (κ2) is 3.94. The van der Waals surface area contributed by atoms with Gasteiger partial charge in [0.25, 0.3) is 0 Å². The monoisotopic (exact) mass is 201 g/mol. The summed E-state index contributed by atoms with van der Waals surface area (Å²) in [5, 5.41) is 8.60. The summed E-state index contributed by atoms with van der Waals surface area (Å²) in [5.41, 5.74) is 5.39. The Bertz CT molecular complexity index is 262. The highest BCUT2D eigenvalue weighted by molar-refractivity contribution is 6.25. The van der Waals surface area contributed by atoms with Crippen molar-refractivity contribution in [3.05, 3.63) is 24.3 Å². The minimum atomic E-state index is -1.01. The Kier molecular flexibility index (Phi) is 3.12. The Morgan fingerprint density at radius 2 is 2.38 bits per heavy atom. The maximum atomic E-state index is 10.5. The fourth-order valence-electron chi connectivity index (χ4n) is 1.24. The highest BCUT2D eigenvalue weighted by Gasteiger charge is 2.29. The third-order valence-electron chi connectivity index (χ3n) is 1.98. The van der Waals surface area contributed by atoms with Crippen LogP contribution in [0.4, 0.5) is 0 Å². The van der Waals surface area contributed by atoms with Crippen LogP contribution in [0.3, 0.4) is 0 Å². The molecular formula is C9H12ClNO2. The minimum Gasteiger partial charge on any atom is -0.480 e. The number of rotatable bonds is 3. The quantitative estimate of drug-likeness (QED) is 0.677. The molecule has 0 aliphatic heterocycles. The number of alkyl halides is 1. The zero-order valence-electron chi connectivity index (χ0n) is 7.11. The maximum Gasteiger partial charge on any atom is 0.320 e. The average Bonchev–Trinajstić information content (AvgIpc) is 2.04. The fourth-order valence-corrected chi connectivity index (χ4v) is 1.57. The van der Waals surface area contributed by atoms with Crippen molar-refractivity contribution in [1.82, 2.24) is 0 Å². The van der Waals surface area contributed by atoms with Crippen LogP contribution in [0.5, 0.6) is 0 Å². The lowest BCUT2D eigenvalue weighted by atomic mass is 9.93. The van der Waals surface area contributed by atoms with Crippen molar-refractivity contribution < 1.29 is 9.90 Å². The third kappa shape index (κ3) is 2.86. The lowest BCUT2D eigenvalue weighted by Crippen LogP contribution is -2.37. The van der Waals surface area contributed by atoms with E-state index in [9.17, 15) is 4.79 Å². The van der Waals surface area contributed by atoms with Crippen molar-refractivity contribution >= 4 is 17.6 Å². The lowest BCUT2D eigenvalue weighted by Gasteiger charge is -2.25. The molecule has 3 N–H and O–H groups in total. The Morgan fingerprint density at radius 3 is 2.85 bits per heavy atom. The molecule has 0 aromatic heterocycles. The molecule has 4 heteroatoms. The van der Waals surface area contributed by atoms with Gasteiger partial charge in [-0.05, 0) is 12.8 Å². The van der Waals surface area contributed by atoms with Crippen molar-refractivity contribution in [3.8, 4) is 0 Å². The SMILES string of the molecule is N[C@@H](CC1(Cl)C=CC=CC1)C(=O)O. The van der Waals surface area contributed by atoms with E-state index < -0.39 is 16.9 Å². The highest BCUT2D eigenvalue weighted by Crippen LogP contribution is 2.30. The van der Waals surface area contributed by atoms with Gasteiger partial charge in [-0.25, -0.2) is 0 Å². The van der Waals surface area contributed by atoms with Gasteiger partial charge in [-0.15, -0.1) is 11.6 Å². The van der Waals surface area contributed by atoms with Gasteiger partial charge >= 0.3 is 5.97 Å². The van der Waals surface area contributed by atoms with Crippen LogP contribution in [0.2, 0.25) is 0 Å². The summed E-state index contributed by atoms with van der Waals surface area (Å²) in [6, 6.07) is -0.895. The first-order valence-corrected chi connectivity index (χ1v) is 4.43. The van der Waals surface area contributed by atoms with Crippen molar-refractivity contribution in [2.75, 3.05) is 0 Å². The van der Waals surface area contributed by atoms with E-state index in [0.29, 0.717) is 6.42 Å². The number of allylic oxidation sites excluding steroid dienone is 4. The van der Waals surface area contributed by atoms with Crippen molar-refractivity contribution in [2.24, 2.45) is 5.73 Å². The van der Waals surface area contributed by atoms with Gasteiger partial charge in [0.05, 0.1) is 4.87 Å². The van der Waals surface area contributed by atoms with Crippen molar-refractivity contribution in [1.29, 1.82) is 0 Å². The van der Waals surface area contributed by atoms with Crippen molar-refractivity contribution in [3.63, 3.8) is 0 Å². The molecule has 1 unspecified atom stereocenters. The largest absolute Gasteiger partial charge is 0.480 e. The Labute approximate surface area is 81.9 Å². The summed E-state index contributed by atoms with van der Waals surface area (Å²) in [5.74, 6) is -1.01. The Hall–Kier alpha value is -0.800. The molecule has 0 spiro atoms. The molecule has 2 atom stereocenters. The van der Waals surface area contributed by atoms with Crippen LogP contribution in [0.15, 0.2) is 24.3 Å². The molecule has 1 aliphatic rings. The average molecular weight is 202 g/mol. The van der Waals surface area contributed by atoms with Gasteiger partial charge < -0.3 is 10.8 Å². The van der Waals surface area contributed by atoms with E-state index in [0.717, 1.165) is 0 Å². The molecule has 0 radical (unpaired) electrons. The van der Waals surface area contributed by atoms with E-state index in [4.69, 9.17) is 22.4 Å². The summed E-state index contributed by atoms with van der Waals surface area (Å²) >= 11 is 6.13. The summed E-state index contributed by atoms with van der Waals surface area (Å²) in [6.45, 7) is 0. The molecule has 13 heavy (non-hydrogen) atoms. The van der Waals surface area contributed by atoms with Crippen molar-refractivity contribution in [2.45, 2.75) is 23.8 Å². The van der Waals surface area contributed by atoms with Crippen LogP contribution in [-0.2, 0) is 4.79 Å². The van der Waals surface area contributed by atoms with Crippen LogP contribution in [0, 0.1) is 0 Å². The standard InChI is InChI=1S/C9H12ClNO2/c10-9(4-2-1-3-5-9)6-7(11)8(12)13/h1-4,7H,5-6,11H2,(H,12,13)/t7-,9?/m0/s1. The normalized spacial score (nSPS) is 28.8. The molecule has 0 saturated carbocycles. The topological polar surface area (TPSA) is 63.3 Å². The molecule has 0 amide bonds. The van der Waals surface area contributed by atoms with Gasteiger partial charge in [-0.2, -0.15) is 0 Å². The first kappa shape index (κ1) is 10.3. The zero-order valence-corrected chi connectivity index (χ0v) is 7.87. The zero-order chi connectivity index (χ0) is 9.90. The number of halogens is 1. The molecule has 1 rings (SSSR count). The van der Waals surface area contributed by atoms with E-state index in [-0.39, 0.29) is 6.42 Å². The molecule has 0 saturated heterocycles. The molecular weight excluding hydrogens is 190 g/mol. The van der Waals surface area contributed by atoms with Gasteiger partial charge in [0, 0.05) is 0 Å². The molecule has 0 fully saturated rings. The van der Waals surface area contributed by atoms with E-state index >= 15 is 0 Å². The lowest BCUT2D eigenvalue weighted by molar-refractivity contribution is -0.138. The molecule has 1 aliphatic carbocycles. The first-order chi connectivity index (χ1) is 6.03. The second-order valence-electron chi connectivity index (χ2n) is 3.17. The van der Waals surface area contributed by atoms with Crippen LogP contribution in [0.1, 0.15) is 12.8 Å². The molecule has 0 bridgehead atoms. The van der Waals surface area contributed by atoms with E-state index in [1.54, 1.807) is 6.08 Å².